The minimum atomic E-state index is -0.457. The van der Waals surface area contributed by atoms with Gasteiger partial charge >= 0.3 is 0 Å². The van der Waals surface area contributed by atoms with Crippen molar-refractivity contribution < 1.29 is 9.53 Å². The summed E-state index contributed by atoms with van der Waals surface area (Å²) in [6, 6.07) is 20.1. The maximum Gasteiger partial charge on any atom is 0.257 e. The van der Waals surface area contributed by atoms with E-state index in [2.05, 4.69) is 20.8 Å². The zero-order chi connectivity index (χ0) is 22.5. The molecule has 32 heavy (non-hydrogen) atoms. The first kappa shape index (κ1) is 21.5. The number of para-hydroxylation sites is 1. The smallest absolute Gasteiger partial charge is 0.257 e. The molecular formula is C23H18N4O3S2. The van der Waals surface area contributed by atoms with Gasteiger partial charge in [0.1, 0.15) is 10.8 Å². The summed E-state index contributed by atoms with van der Waals surface area (Å²) in [5.41, 5.74) is 3.00. The van der Waals surface area contributed by atoms with Crippen LogP contribution in [0.3, 0.4) is 0 Å². The van der Waals surface area contributed by atoms with Gasteiger partial charge in [-0.2, -0.15) is 0 Å². The molecule has 0 spiro atoms. The van der Waals surface area contributed by atoms with E-state index in [1.165, 1.54) is 12.1 Å². The van der Waals surface area contributed by atoms with Crippen LogP contribution in [0.15, 0.2) is 71.9 Å². The molecule has 0 bridgehead atoms. The quantitative estimate of drug-likeness (QED) is 0.274. The minimum absolute atomic E-state index is 0.0591. The van der Waals surface area contributed by atoms with Crippen molar-refractivity contribution in [2.24, 2.45) is 5.18 Å². The summed E-state index contributed by atoms with van der Waals surface area (Å²) >= 11 is 6.88. The van der Waals surface area contributed by atoms with E-state index in [1.807, 2.05) is 48.5 Å². The predicted octanol–water partition coefficient (Wildman–Crippen LogP) is 5.89. The second kappa shape index (κ2) is 9.63. The van der Waals surface area contributed by atoms with Gasteiger partial charge in [-0.05, 0) is 78.9 Å². The van der Waals surface area contributed by atoms with Crippen LogP contribution in [-0.2, 0) is 0 Å². The lowest BCUT2D eigenvalue weighted by Crippen LogP contribution is -2.34. The molecular weight excluding hydrogens is 444 g/mol. The van der Waals surface area contributed by atoms with Gasteiger partial charge in [-0.3, -0.25) is 10.1 Å². The van der Waals surface area contributed by atoms with Crippen LogP contribution in [0.4, 0.5) is 11.4 Å². The van der Waals surface area contributed by atoms with Crippen LogP contribution in [0.2, 0.25) is 0 Å². The summed E-state index contributed by atoms with van der Waals surface area (Å²) in [5.74, 6) is -0.130. The molecule has 0 saturated carbocycles. The van der Waals surface area contributed by atoms with Crippen LogP contribution < -0.4 is 15.4 Å². The molecule has 3 aromatic carbocycles. The molecule has 1 heterocycles. The highest BCUT2D eigenvalue weighted by molar-refractivity contribution is 7.80. The lowest BCUT2D eigenvalue weighted by atomic mass is 10.2. The van der Waals surface area contributed by atoms with Crippen molar-refractivity contribution in [1.29, 1.82) is 0 Å². The van der Waals surface area contributed by atoms with Crippen molar-refractivity contribution >= 4 is 56.2 Å². The Morgan fingerprint density at radius 2 is 1.91 bits per heavy atom. The molecule has 0 radical (unpaired) electrons. The molecule has 1 aromatic heterocycles. The monoisotopic (exact) mass is 462 g/mol. The van der Waals surface area contributed by atoms with Gasteiger partial charge in [-0.15, -0.1) is 16.2 Å². The Hall–Kier alpha value is -3.69. The number of aromatic nitrogens is 1. The number of benzene rings is 3. The maximum atomic E-state index is 12.5. The molecule has 0 aliphatic rings. The topological polar surface area (TPSA) is 92.7 Å². The van der Waals surface area contributed by atoms with Gasteiger partial charge in [-0.25, -0.2) is 4.98 Å². The van der Waals surface area contributed by atoms with Crippen LogP contribution in [0.1, 0.15) is 17.3 Å². The highest BCUT2D eigenvalue weighted by atomic mass is 32.1. The summed E-state index contributed by atoms with van der Waals surface area (Å²) in [4.78, 5) is 28.1. The fraction of sp³-hybridized carbons (Fsp3) is 0.0870. The standard InChI is InChI=1S/C23H18N4O3S2/c1-2-30-19-12-9-15(13-18(19)27-29)21(28)26-23(31)24-16-10-7-14(8-11-16)22-25-17-5-3-4-6-20(17)32-22/h3-13H,2H2,1H3,(H2,24,26,28,31). The number of hydrogen-bond donors (Lipinski definition) is 2. The third-order valence-electron chi connectivity index (χ3n) is 4.53. The summed E-state index contributed by atoms with van der Waals surface area (Å²) < 4.78 is 6.45. The van der Waals surface area contributed by atoms with Gasteiger partial charge in [0.2, 0.25) is 0 Å². The fourth-order valence-electron chi connectivity index (χ4n) is 3.04. The van der Waals surface area contributed by atoms with E-state index in [0.29, 0.717) is 12.4 Å². The number of amides is 1. The summed E-state index contributed by atoms with van der Waals surface area (Å²) in [6.07, 6.45) is 0. The summed E-state index contributed by atoms with van der Waals surface area (Å²) in [6.45, 7) is 2.19. The molecule has 160 valence electrons. The molecule has 0 atom stereocenters. The number of carbonyl (C=O) groups excluding carboxylic acids is 1. The lowest BCUT2D eigenvalue weighted by molar-refractivity contribution is 0.0977. The van der Waals surface area contributed by atoms with E-state index in [-0.39, 0.29) is 16.4 Å². The van der Waals surface area contributed by atoms with Crippen molar-refractivity contribution in [3.05, 3.63) is 77.2 Å². The molecule has 4 rings (SSSR count). The molecule has 0 fully saturated rings. The SMILES string of the molecule is CCOc1ccc(C(=O)NC(=S)Nc2ccc(-c3nc4ccccc4s3)cc2)cc1N=O. The van der Waals surface area contributed by atoms with Gasteiger partial charge in [0.15, 0.2) is 10.8 Å². The van der Waals surface area contributed by atoms with Gasteiger partial charge in [-0.1, -0.05) is 12.1 Å². The minimum Gasteiger partial charge on any atom is -0.491 e. The van der Waals surface area contributed by atoms with Crippen molar-refractivity contribution in [3.63, 3.8) is 0 Å². The van der Waals surface area contributed by atoms with Crippen LogP contribution in [0, 0.1) is 4.91 Å². The van der Waals surface area contributed by atoms with E-state index in [0.717, 1.165) is 26.5 Å². The van der Waals surface area contributed by atoms with Crippen LogP contribution in [-0.4, -0.2) is 22.6 Å². The van der Waals surface area contributed by atoms with Gasteiger partial charge < -0.3 is 10.1 Å². The van der Waals surface area contributed by atoms with Gasteiger partial charge in [0, 0.05) is 16.8 Å². The maximum absolute atomic E-state index is 12.5. The second-order valence-corrected chi connectivity index (χ2v) is 8.12. The third kappa shape index (κ3) is 4.79. The zero-order valence-corrected chi connectivity index (χ0v) is 18.6. The van der Waals surface area contributed by atoms with Crippen molar-refractivity contribution in [2.75, 3.05) is 11.9 Å². The number of thiazole rings is 1. The second-order valence-electron chi connectivity index (χ2n) is 6.68. The Morgan fingerprint density at radius 3 is 2.62 bits per heavy atom. The van der Waals surface area contributed by atoms with Gasteiger partial charge in [0.25, 0.3) is 5.91 Å². The molecule has 9 heteroatoms. The van der Waals surface area contributed by atoms with E-state index in [9.17, 15) is 9.70 Å². The number of hydrogen-bond acceptors (Lipinski definition) is 7. The molecule has 0 saturated heterocycles. The number of ether oxygens (including phenoxy) is 1. The normalized spacial score (nSPS) is 10.5. The Bertz CT molecular complexity index is 1270. The summed E-state index contributed by atoms with van der Waals surface area (Å²) in [5, 5.41) is 9.57. The first-order valence-electron chi connectivity index (χ1n) is 9.76. The third-order valence-corrected chi connectivity index (χ3v) is 5.82. The average molecular weight is 463 g/mol. The Kier molecular flexibility index (Phi) is 6.48. The zero-order valence-electron chi connectivity index (χ0n) is 17.0. The predicted molar refractivity (Wildman–Crippen MR) is 132 cm³/mol. The molecule has 1 amide bonds. The van der Waals surface area contributed by atoms with Crippen molar-refractivity contribution in [3.8, 4) is 16.3 Å². The van der Waals surface area contributed by atoms with E-state index < -0.39 is 5.91 Å². The first-order chi connectivity index (χ1) is 15.6. The van der Waals surface area contributed by atoms with Crippen LogP contribution in [0.25, 0.3) is 20.8 Å². The number of fused-ring (bicyclic) bond motifs is 1. The highest BCUT2D eigenvalue weighted by Gasteiger charge is 2.13. The summed E-state index contributed by atoms with van der Waals surface area (Å²) in [7, 11) is 0. The number of anilines is 1. The van der Waals surface area contributed by atoms with E-state index in [4.69, 9.17) is 17.0 Å². The highest BCUT2D eigenvalue weighted by Crippen LogP contribution is 2.31. The Morgan fingerprint density at radius 1 is 1.12 bits per heavy atom. The van der Waals surface area contributed by atoms with Crippen molar-refractivity contribution in [2.45, 2.75) is 6.92 Å². The van der Waals surface area contributed by atoms with Gasteiger partial charge in [0.05, 0.1) is 16.8 Å². The average Bonchev–Trinajstić information content (AvgIpc) is 3.24. The molecule has 0 unspecified atom stereocenters. The number of carbonyl (C=O) groups is 1. The van der Waals surface area contributed by atoms with E-state index >= 15 is 0 Å². The Balaban J connectivity index is 1.40. The molecule has 7 nitrogen and oxygen atoms in total. The number of rotatable bonds is 6. The number of nitrogens with zero attached hydrogens (tertiary/aromatic N) is 2. The van der Waals surface area contributed by atoms with Crippen LogP contribution >= 0.6 is 23.6 Å². The molecule has 0 aliphatic heterocycles. The number of nitroso groups, excluding NO2 is 1. The Labute approximate surface area is 193 Å². The van der Waals surface area contributed by atoms with E-state index in [1.54, 1.807) is 24.3 Å². The largest absolute Gasteiger partial charge is 0.491 e. The molecule has 4 aromatic rings. The first-order valence-corrected chi connectivity index (χ1v) is 11.0. The van der Waals surface area contributed by atoms with Crippen LogP contribution in [0.5, 0.6) is 5.75 Å². The van der Waals surface area contributed by atoms with Crippen molar-refractivity contribution in [1.82, 2.24) is 10.3 Å². The number of nitrogens with one attached hydrogen (secondary N) is 2. The molecule has 2 N–H and O–H groups in total. The fourth-order valence-corrected chi connectivity index (χ4v) is 4.22. The lowest BCUT2D eigenvalue weighted by Gasteiger charge is -2.11. The molecule has 0 aliphatic carbocycles. The number of thiocarbonyl (C=S) groups is 1.